The zero-order chi connectivity index (χ0) is 10.0. The molecule has 0 saturated carbocycles. The topological polar surface area (TPSA) is 66.5 Å². The minimum atomic E-state index is -0.778. The predicted octanol–water partition coefficient (Wildman–Crippen LogP) is 1.00. The molecule has 4 N–H and O–H groups in total. The summed E-state index contributed by atoms with van der Waals surface area (Å²) in [7, 11) is 0. The van der Waals surface area contributed by atoms with Gasteiger partial charge in [0, 0.05) is 12.1 Å². The molecule has 13 heavy (non-hydrogen) atoms. The van der Waals surface area contributed by atoms with Crippen LogP contribution in [0.5, 0.6) is 5.75 Å². The fraction of sp³-hybridized carbons (Fsp3) is 0.400. The number of hydrogen-bond donors (Lipinski definition) is 3. The van der Waals surface area contributed by atoms with Crippen molar-refractivity contribution >= 4 is 0 Å². The molecular weight excluding hydrogens is 166 g/mol. The monoisotopic (exact) mass is 181 g/mol. The van der Waals surface area contributed by atoms with E-state index in [1.165, 1.54) is 0 Å². The number of rotatable bonds is 2. The van der Waals surface area contributed by atoms with Gasteiger partial charge in [-0.05, 0) is 31.0 Å². The first-order valence-electron chi connectivity index (χ1n) is 4.25. The van der Waals surface area contributed by atoms with E-state index in [1.807, 2.05) is 19.9 Å². The van der Waals surface area contributed by atoms with E-state index in [9.17, 15) is 10.2 Å². The molecule has 0 bridgehead atoms. The van der Waals surface area contributed by atoms with Gasteiger partial charge in [-0.2, -0.15) is 0 Å². The van der Waals surface area contributed by atoms with Crippen LogP contribution in [0.15, 0.2) is 12.1 Å². The molecule has 0 aliphatic heterocycles. The molecule has 0 amide bonds. The lowest BCUT2D eigenvalue weighted by atomic mass is 9.98. The Morgan fingerprint density at radius 2 is 2.00 bits per heavy atom. The molecule has 1 aromatic carbocycles. The number of phenolic OH excluding ortho intramolecular Hbond substituents is 1. The second-order valence-electron chi connectivity index (χ2n) is 3.19. The maximum atomic E-state index is 9.53. The zero-order valence-corrected chi connectivity index (χ0v) is 7.91. The van der Waals surface area contributed by atoms with Crippen molar-refractivity contribution in [3.05, 3.63) is 28.8 Å². The zero-order valence-electron chi connectivity index (χ0n) is 7.91. The number of aliphatic hydroxyl groups is 1. The number of nitrogens with two attached hydrogens (primary N) is 1. The van der Waals surface area contributed by atoms with Crippen LogP contribution < -0.4 is 5.73 Å². The van der Waals surface area contributed by atoms with E-state index in [1.54, 1.807) is 6.07 Å². The molecule has 3 nitrogen and oxygen atoms in total. The second kappa shape index (κ2) is 3.77. The van der Waals surface area contributed by atoms with Gasteiger partial charge in [-0.1, -0.05) is 6.07 Å². The summed E-state index contributed by atoms with van der Waals surface area (Å²) in [4.78, 5) is 0. The Labute approximate surface area is 77.8 Å². The van der Waals surface area contributed by atoms with Gasteiger partial charge in [0.25, 0.3) is 0 Å². The summed E-state index contributed by atoms with van der Waals surface area (Å²) in [6.45, 7) is 3.92. The summed E-state index contributed by atoms with van der Waals surface area (Å²) in [6, 6.07) is 3.40. The molecule has 0 aliphatic carbocycles. The van der Waals surface area contributed by atoms with E-state index in [0.717, 1.165) is 11.1 Å². The molecule has 3 heteroatoms. The molecule has 0 saturated heterocycles. The van der Waals surface area contributed by atoms with Crippen molar-refractivity contribution in [2.75, 3.05) is 6.54 Å². The summed E-state index contributed by atoms with van der Waals surface area (Å²) in [5.74, 6) is 0.112. The highest BCUT2D eigenvalue weighted by Crippen LogP contribution is 2.28. The van der Waals surface area contributed by atoms with Crippen LogP contribution in [0.25, 0.3) is 0 Å². The van der Waals surface area contributed by atoms with Gasteiger partial charge in [-0.3, -0.25) is 0 Å². The van der Waals surface area contributed by atoms with Crippen LogP contribution in [0.4, 0.5) is 0 Å². The molecule has 72 valence electrons. The SMILES string of the molecule is Cc1ccc(O)c(C(O)CN)c1C. The molecule has 0 spiro atoms. The minimum Gasteiger partial charge on any atom is -0.508 e. The summed E-state index contributed by atoms with van der Waals surface area (Å²) in [6.07, 6.45) is -0.778. The van der Waals surface area contributed by atoms with Crippen molar-refractivity contribution in [1.29, 1.82) is 0 Å². The Hall–Kier alpha value is -1.06. The molecule has 0 fully saturated rings. The van der Waals surface area contributed by atoms with Gasteiger partial charge < -0.3 is 15.9 Å². The van der Waals surface area contributed by atoms with Crippen LogP contribution in [0.2, 0.25) is 0 Å². The predicted molar refractivity (Wildman–Crippen MR) is 51.6 cm³/mol. The molecule has 0 heterocycles. The number of aromatic hydroxyl groups is 1. The third kappa shape index (κ3) is 1.82. The van der Waals surface area contributed by atoms with Crippen molar-refractivity contribution < 1.29 is 10.2 Å². The van der Waals surface area contributed by atoms with Crippen LogP contribution in [-0.2, 0) is 0 Å². The van der Waals surface area contributed by atoms with Gasteiger partial charge in [-0.15, -0.1) is 0 Å². The number of aryl methyl sites for hydroxylation is 1. The number of phenols is 1. The van der Waals surface area contributed by atoms with Crippen LogP contribution in [0.3, 0.4) is 0 Å². The van der Waals surface area contributed by atoms with Crippen LogP contribution >= 0.6 is 0 Å². The van der Waals surface area contributed by atoms with E-state index in [2.05, 4.69) is 0 Å². The van der Waals surface area contributed by atoms with Crippen molar-refractivity contribution in [2.24, 2.45) is 5.73 Å². The molecule has 0 aromatic heterocycles. The van der Waals surface area contributed by atoms with Crippen molar-refractivity contribution in [3.8, 4) is 5.75 Å². The quantitative estimate of drug-likeness (QED) is 0.637. The normalized spacial score (nSPS) is 12.9. The van der Waals surface area contributed by atoms with Gasteiger partial charge in [0.15, 0.2) is 0 Å². The van der Waals surface area contributed by atoms with E-state index in [-0.39, 0.29) is 12.3 Å². The van der Waals surface area contributed by atoms with Crippen molar-refractivity contribution in [3.63, 3.8) is 0 Å². The number of aliphatic hydroxyl groups excluding tert-OH is 1. The average Bonchev–Trinajstić information content (AvgIpc) is 2.12. The smallest absolute Gasteiger partial charge is 0.121 e. The Bertz CT molecular complexity index is 310. The van der Waals surface area contributed by atoms with E-state index in [0.29, 0.717) is 5.56 Å². The summed E-state index contributed by atoms with van der Waals surface area (Å²) in [5.41, 5.74) is 7.82. The standard InChI is InChI=1S/C10H15NO2/c1-6-3-4-8(12)10(7(6)2)9(13)5-11/h3-4,9,12-13H,5,11H2,1-2H3. The third-order valence-electron chi connectivity index (χ3n) is 2.32. The molecule has 0 aliphatic rings. The first-order chi connectivity index (χ1) is 6.07. The lowest BCUT2D eigenvalue weighted by Crippen LogP contribution is -2.13. The molecule has 1 rings (SSSR count). The lowest BCUT2D eigenvalue weighted by molar-refractivity contribution is 0.182. The Kier molecular flexibility index (Phi) is 2.90. The highest BCUT2D eigenvalue weighted by atomic mass is 16.3. The third-order valence-corrected chi connectivity index (χ3v) is 2.32. The molecule has 1 atom stereocenters. The fourth-order valence-electron chi connectivity index (χ4n) is 1.36. The lowest BCUT2D eigenvalue weighted by Gasteiger charge is -2.15. The van der Waals surface area contributed by atoms with Gasteiger partial charge in [-0.25, -0.2) is 0 Å². The van der Waals surface area contributed by atoms with Crippen molar-refractivity contribution in [2.45, 2.75) is 20.0 Å². The largest absolute Gasteiger partial charge is 0.508 e. The van der Waals surface area contributed by atoms with Crippen LogP contribution in [-0.4, -0.2) is 16.8 Å². The maximum Gasteiger partial charge on any atom is 0.121 e. The summed E-state index contributed by atoms with van der Waals surface area (Å²) >= 11 is 0. The van der Waals surface area contributed by atoms with Gasteiger partial charge in [0.2, 0.25) is 0 Å². The highest BCUT2D eigenvalue weighted by molar-refractivity contribution is 5.44. The molecule has 1 aromatic rings. The number of hydrogen-bond acceptors (Lipinski definition) is 3. The molecule has 1 unspecified atom stereocenters. The molecule has 0 radical (unpaired) electrons. The number of benzene rings is 1. The van der Waals surface area contributed by atoms with E-state index >= 15 is 0 Å². The van der Waals surface area contributed by atoms with Gasteiger partial charge >= 0.3 is 0 Å². The first kappa shape index (κ1) is 10.0. The first-order valence-corrected chi connectivity index (χ1v) is 4.25. The van der Waals surface area contributed by atoms with Crippen LogP contribution in [0.1, 0.15) is 22.8 Å². The van der Waals surface area contributed by atoms with Crippen LogP contribution in [0, 0.1) is 13.8 Å². The fourth-order valence-corrected chi connectivity index (χ4v) is 1.36. The summed E-state index contributed by atoms with van der Waals surface area (Å²) in [5, 5.41) is 19.0. The molecular formula is C10H15NO2. The Balaban J connectivity index is 3.25. The van der Waals surface area contributed by atoms with Gasteiger partial charge in [0.1, 0.15) is 5.75 Å². The minimum absolute atomic E-state index is 0.112. The second-order valence-corrected chi connectivity index (χ2v) is 3.19. The summed E-state index contributed by atoms with van der Waals surface area (Å²) < 4.78 is 0. The Morgan fingerprint density at radius 1 is 1.38 bits per heavy atom. The van der Waals surface area contributed by atoms with Gasteiger partial charge in [0.05, 0.1) is 6.10 Å². The van der Waals surface area contributed by atoms with Crippen molar-refractivity contribution in [1.82, 2.24) is 0 Å². The maximum absolute atomic E-state index is 9.53. The van der Waals surface area contributed by atoms with E-state index in [4.69, 9.17) is 5.73 Å². The highest BCUT2D eigenvalue weighted by Gasteiger charge is 2.14. The average molecular weight is 181 g/mol. The van der Waals surface area contributed by atoms with E-state index < -0.39 is 6.10 Å². The Morgan fingerprint density at radius 3 is 2.54 bits per heavy atom.